The van der Waals surface area contributed by atoms with Gasteiger partial charge in [0, 0.05) is 29.7 Å². The number of nitrogens with zero attached hydrogens (tertiary/aromatic N) is 1. The zero-order valence-electron chi connectivity index (χ0n) is 9.99. The number of amides is 1. The number of carbonyl (C=O) groups is 1. The molecule has 1 N–H and O–H groups in total. The molecule has 1 amide bonds. The van der Waals surface area contributed by atoms with E-state index in [-0.39, 0.29) is 23.9 Å². The molecule has 0 bridgehead atoms. The van der Waals surface area contributed by atoms with Crippen LogP contribution in [0.2, 0.25) is 0 Å². The van der Waals surface area contributed by atoms with E-state index in [1.54, 1.807) is 0 Å². The van der Waals surface area contributed by atoms with E-state index < -0.39 is 0 Å². The highest BCUT2D eigenvalue weighted by Gasteiger charge is 2.51. The molecule has 2 fully saturated rings. The van der Waals surface area contributed by atoms with Crippen LogP contribution in [0, 0.1) is 0 Å². The van der Waals surface area contributed by atoms with Gasteiger partial charge in [0.25, 0.3) is 5.91 Å². The third-order valence-electron chi connectivity index (χ3n) is 3.68. The predicted molar refractivity (Wildman–Crippen MR) is 77.3 cm³/mol. The Bertz CT molecular complexity index is 462. The third kappa shape index (κ3) is 2.42. The van der Waals surface area contributed by atoms with Crippen LogP contribution in [0.4, 0.5) is 0 Å². The van der Waals surface area contributed by atoms with E-state index in [4.69, 9.17) is 0 Å². The van der Waals surface area contributed by atoms with E-state index in [1.807, 2.05) is 24.3 Å². The van der Waals surface area contributed by atoms with Crippen molar-refractivity contribution in [2.75, 3.05) is 19.6 Å². The molecule has 0 unspecified atom stereocenters. The molecule has 1 heterocycles. The second-order valence-electron chi connectivity index (χ2n) is 4.87. The van der Waals surface area contributed by atoms with Crippen LogP contribution in [0.3, 0.4) is 0 Å². The number of benzene rings is 1. The Balaban J connectivity index is 0.00000120. The quantitative estimate of drug-likeness (QED) is 0.857. The van der Waals surface area contributed by atoms with Gasteiger partial charge in [-0.3, -0.25) is 4.79 Å². The van der Waals surface area contributed by atoms with Crippen LogP contribution in [0.15, 0.2) is 28.7 Å². The smallest absolute Gasteiger partial charge is 0.254 e. The van der Waals surface area contributed by atoms with Crippen molar-refractivity contribution in [2.45, 2.75) is 18.4 Å². The van der Waals surface area contributed by atoms with Crippen LogP contribution in [0.5, 0.6) is 0 Å². The number of nitrogens with one attached hydrogen (secondary N) is 1. The Labute approximate surface area is 121 Å². The Morgan fingerprint density at radius 3 is 2.83 bits per heavy atom. The molecular formula is C13H16BrClN2O. The summed E-state index contributed by atoms with van der Waals surface area (Å²) >= 11 is 3.42. The van der Waals surface area contributed by atoms with Crippen molar-refractivity contribution < 1.29 is 4.79 Å². The van der Waals surface area contributed by atoms with Crippen LogP contribution >= 0.6 is 28.3 Å². The van der Waals surface area contributed by atoms with Gasteiger partial charge in [-0.15, -0.1) is 12.4 Å². The van der Waals surface area contributed by atoms with Crippen molar-refractivity contribution in [3.05, 3.63) is 34.3 Å². The van der Waals surface area contributed by atoms with E-state index in [9.17, 15) is 4.79 Å². The molecule has 2 aliphatic rings. The molecule has 1 aromatic carbocycles. The van der Waals surface area contributed by atoms with Crippen molar-refractivity contribution in [3.8, 4) is 0 Å². The molecule has 1 saturated heterocycles. The predicted octanol–water partition coefficient (Wildman–Crippen LogP) is 2.45. The van der Waals surface area contributed by atoms with Crippen molar-refractivity contribution in [1.29, 1.82) is 0 Å². The molecule has 3 nitrogen and oxygen atoms in total. The Morgan fingerprint density at radius 2 is 2.17 bits per heavy atom. The number of piperazine rings is 1. The zero-order valence-corrected chi connectivity index (χ0v) is 12.4. The van der Waals surface area contributed by atoms with Gasteiger partial charge in [0.15, 0.2) is 0 Å². The summed E-state index contributed by atoms with van der Waals surface area (Å²) in [4.78, 5) is 14.5. The summed E-state index contributed by atoms with van der Waals surface area (Å²) in [6, 6.07) is 7.66. The largest absolute Gasteiger partial charge is 0.330 e. The highest BCUT2D eigenvalue weighted by molar-refractivity contribution is 9.10. The van der Waals surface area contributed by atoms with Gasteiger partial charge in [0.1, 0.15) is 0 Å². The first-order valence-corrected chi connectivity index (χ1v) is 6.79. The lowest BCUT2D eigenvalue weighted by Crippen LogP contribution is -2.55. The summed E-state index contributed by atoms with van der Waals surface area (Å²) in [5.41, 5.74) is 0.907. The summed E-state index contributed by atoms with van der Waals surface area (Å²) in [6.07, 6.45) is 2.28. The third-order valence-corrected chi connectivity index (χ3v) is 4.18. The van der Waals surface area contributed by atoms with Crippen LogP contribution < -0.4 is 5.32 Å². The highest BCUT2D eigenvalue weighted by atomic mass is 79.9. The maximum Gasteiger partial charge on any atom is 0.254 e. The Morgan fingerprint density at radius 1 is 1.39 bits per heavy atom. The standard InChI is InChI=1S/C13H15BrN2O.ClH/c14-11-3-1-2-10(8-11)12(17)16-7-6-15-9-13(16)4-5-13;/h1-3,8,15H,4-7,9H2;1H. The van der Waals surface area contributed by atoms with E-state index >= 15 is 0 Å². The molecule has 5 heteroatoms. The second kappa shape index (κ2) is 5.19. The van der Waals surface area contributed by atoms with Gasteiger partial charge in [-0.2, -0.15) is 0 Å². The number of hydrogen-bond acceptors (Lipinski definition) is 2. The topological polar surface area (TPSA) is 32.3 Å². The summed E-state index contributed by atoms with van der Waals surface area (Å²) < 4.78 is 0.961. The molecule has 18 heavy (non-hydrogen) atoms. The normalized spacial score (nSPS) is 20.4. The van der Waals surface area contributed by atoms with Crippen molar-refractivity contribution in [3.63, 3.8) is 0 Å². The van der Waals surface area contributed by atoms with Crippen LogP contribution in [-0.4, -0.2) is 36.0 Å². The lowest BCUT2D eigenvalue weighted by atomic mass is 10.1. The molecule has 0 aromatic heterocycles. The molecule has 0 atom stereocenters. The summed E-state index contributed by atoms with van der Waals surface area (Å²) in [5, 5.41) is 3.38. The van der Waals surface area contributed by atoms with Gasteiger partial charge >= 0.3 is 0 Å². The van der Waals surface area contributed by atoms with Crippen molar-refractivity contribution in [1.82, 2.24) is 10.2 Å². The Hall–Kier alpha value is -0.580. The first-order valence-electron chi connectivity index (χ1n) is 6.00. The second-order valence-corrected chi connectivity index (χ2v) is 5.78. The molecule has 0 radical (unpaired) electrons. The SMILES string of the molecule is Cl.O=C(c1cccc(Br)c1)N1CCNCC12CC2. The highest BCUT2D eigenvalue weighted by Crippen LogP contribution is 2.43. The van der Waals surface area contributed by atoms with Crippen LogP contribution in [0.1, 0.15) is 23.2 Å². The van der Waals surface area contributed by atoms with Crippen LogP contribution in [0.25, 0.3) is 0 Å². The average molecular weight is 332 g/mol. The van der Waals surface area contributed by atoms with Crippen LogP contribution in [-0.2, 0) is 0 Å². The minimum absolute atomic E-state index is 0. The number of halogens is 2. The zero-order chi connectivity index (χ0) is 11.9. The minimum Gasteiger partial charge on any atom is -0.330 e. The molecule has 1 aliphatic heterocycles. The van der Waals surface area contributed by atoms with E-state index in [0.717, 1.165) is 42.5 Å². The first kappa shape index (κ1) is 13.8. The molecular weight excluding hydrogens is 316 g/mol. The summed E-state index contributed by atoms with van der Waals surface area (Å²) in [6.45, 7) is 2.68. The molecule has 1 spiro atoms. The minimum atomic E-state index is 0. The van der Waals surface area contributed by atoms with Gasteiger partial charge in [-0.05, 0) is 31.0 Å². The molecule has 1 aromatic rings. The maximum atomic E-state index is 12.5. The first-order chi connectivity index (χ1) is 8.21. The van der Waals surface area contributed by atoms with Crippen molar-refractivity contribution in [2.24, 2.45) is 0 Å². The monoisotopic (exact) mass is 330 g/mol. The van der Waals surface area contributed by atoms with Gasteiger partial charge < -0.3 is 10.2 Å². The maximum absolute atomic E-state index is 12.5. The fourth-order valence-electron chi connectivity index (χ4n) is 2.53. The van der Waals surface area contributed by atoms with E-state index in [2.05, 4.69) is 26.1 Å². The van der Waals surface area contributed by atoms with Gasteiger partial charge in [-0.1, -0.05) is 22.0 Å². The number of hydrogen-bond donors (Lipinski definition) is 1. The fourth-order valence-corrected chi connectivity index (χ4v) is 2.93. The number of carbonyl (C=O) groups excluding carboxylic acids is 1. The molecule has 1 aliphatic carbocycles. The molecule has 98 valence electrons. The van der Waals surface area contributed by atoms with E-state index in [0.29, 0.717) is 0 Å². The summed E-state index contributed by atoms with van der Waals surface area (Å²) in [7, 11) is 0. The number of rotatable bonds is 1. The van der Waals surface area contributed by atoms with E-state index in [1.165, 1.54) is 0 Å². The fraction of sp³-hybridized carbons (Fsp3) is 0.462. The van der Waals surface area contributed by atoms with Gasteiger partial charge in [0.05, 0.1) is 5.54 Å². The Kier molecular flexibility index (Phi) is 3.99. The lowest BCUT2D eigenvalue weighted by Gasteiger charge is -2.36. The average Bonchev–Trinajstić information content (AvgIpc) is 3.09. The summed E-state index contributed by atoms with van der Waals surface area (Å²) in [5.74, 6) is 0.172. The molecule has 1 saturated carbocycles. The van der Waals surface area contributed by atoms with Gasteiger partial charge in [-0.25, -0.2) is 0 Å². The van der Waals surface area contributed by atoms with Crippen molar-refractivity contribution >= 4 is 34.2 Å². The van der Waals surface area contributed by atoms with Gasteiger partial charge in [0.2, 0.25) is 0 Å². The molecule has 3 rings (SSSR count). The lowest BCUT2D eigenvalue weighted by molar-refractivity contribution is 0.0600.